The van der Waals surface area contributed by atoms with Crippen LogP contribution in [0.2, 0.25) is 0 Å². The molecule has 2 nitrogen and oxygen atoms in total. The summed E-state index contributed by atoms with van der Waals surface area (Å²) in [5.41, 5.74) is 10.7. The Morgan fingerprint density at radius 3 is 1.53 bits per heavy atom. The lowest BCUT2D eigenvalue weighted by Gasteiger charge is -2.15. The van der Waals surface area contributed by atoms with Crippen LogP contribution in [0, 0.1) is 0 Å². The average molecular weight is 478 g/mol. The van der Waals surface area contributed by atoms with Crippen LogP contribution in [0.5, 0.6) is 0 Å². The van der Waals surface area contributed by atoms with Gasteiger partial charge in [0.25, 0.3) is 0 Å². The maximum absolute atomic E-state index is 4.51. The minimum absolute atomic E-state index is 0.924. The van der Waals surface area contributed by atoms with Crippen LogP contribution < -0.4 is 5.46 Å². The predicted octanol–water partition coefficient (Wildman–Crippen LogP) is 7.13. The molecule has 0 aliphatic rings. The van der Waals surface area contributed by atoms with Crippen LogP contribution in [0.15, 0.2) is 127 Å². The molecule has 5 aromatic carbocycles. The molecule has 0 unspecified atom stereocenters. The van der Waals surface area contributed by atoms with E-state index in [1.165, 1.54) is 38.8 Å². The number of hydrogen-bond acceptors (Lipinski definition) is 3. The van der Waals surface area contributed by atoms with Gasteiger partial charge in [0, 0.05) is 11.1 Å². The summed E-state index contributed by atoms with van der Waals surface area (Å²) in [6.45, 7) is 0. The van der Waals surface area contributed by atoms with Crippen molar-refractivity contribution in [2.24, 2.45) is 0 Å². The molecule has 0 amide bonds. The summed E-state index contributed by atoms with van der Waals surface area (Å²) in [6, 6.07) is 44.9. The van der Waals surface area contributed by atoms with Crippen molar-refractivity contribution in [1.29, 1.82) is 0 Å². The highest BCUT2D eigenvalue weighted by atomic mass is 32.1. The SMILES string of the molecule is Bc1cccc(-c2ccccc2-c2ccccc2-c2cccc(-c3nnc(-c4ccccc4)s3)c2)c1. The highest BCUT2D eigenvalue weighted by Gasteiger charge is 2.14. The summed E-state index contributed by atoms with van der Waals surface area (Å²) in [6.07, 6.45) is 0. The first-order chi connectivity index (χ1) is 17.8. The van der Waals surface area contributed by atoms with Crippen LogP contribution in [-0.2, 0) is 0 Å². The van der Waals surface area contributed by atoms with Crippen molar-refractivity contribution < 1.29 is 0 Å². The van der Waals surface area contributed by atoms with Gasteiger partial charge in [-0.25, -0.2) is 0 Å². The van der Waals surface area contributed by atoms with E-state index in [4.69, 9.17) is 0 Å². The second-order valence-corrected chi connectivity index (χ2v) is 9.80. The van der Waals surface area contributed by atoms with Gasteiger partial charge in [0.1, 0.15) is 17.9 Å². The maximum Gasteiger partial charge on any atom is 0.148 e. The lowest BCUT2D eigenvalue weighted by molar-refractivity contribution is 1.10. The molecule has 0 fully saturated rings. The highest BCUT2D eigenvalue weighted by Crippen LogP contribution is 2.39. The lowest BCUT2D eigenvalue weighted by atomic mass is 9.87. The summed E-state index contributed by atoms with van der Waals surface area (Å²) in [4.78, 5) is 0. The largest absolute Gasteiger partial charge is 0.148 e. The monoisotopic (exact) mass is 478 g/mol. The van der Waals surface area contributed by atoms with Crippen LogP contribution >= 0.6 is 11.3 Å². The number of hydrogen-bond donors (Lipinski definition) is 0. The summed E-state index contributed by atoms with van der Waals surface area (Å²) in [5.74, 6) is 0. The van der Waals surface area contributed by atoms with Gasteiger partial charge in [-0.2, -0.15) is 0 Å². The van der Waals surface area contributed by atoms with Crippen molar-refractivity contribution in [2.75, 3.05) is 0 Å². The summed E-state index contributed by atoms with van der Waals surface area (Å²) in [7, 11) is 2.14. The van der Waals surface area contributed by atoms with Gasteiger partial charge in [0.05, 0.1) is 0 Å². The van der Waals surface area contributed by atoms with Crippen molar-refractivity contribution in [3.05, 3.63) is 127 Å². The van der Waals surface area contributed by atoms with E-state index in [0.29, 0.717) is 0 Å². The van der Waals surface area contributed by atoms with Gasteiger partial charge < -0.3 is 0 Å². The Labute approximate surface area is 216 Å². The summed E-state index contributed by atoms with van der Waals surface area (Å²) in [5, 5.41) is 10.8. The third-order valence-electron chi connectivity index (χ3n) is 6.34. The molecule has 0 spiro atoms. The van der Waals surface area contributed by atoms with Crippen LogP contribution in [0.3, 0.4) is 0 Å². The number of benzene rings is 5. The number of aromatic nitrogens is 2. The first-order valence-corrected chi connectivity index (χ1v) is 12.8. The summed E-state index contributed by atoms with van der Waals surface area (Å²) >= 11 is 1.62. The van der Waals surface area contributed by atoms with E-state index < -0.39 is 0 Å². The van der Waals surface area contributed by atoms with E-state index in [-0.39, 0.29) is 0 Å². The molecular weight excluding hydrogens is 455 g/mol. The molecule has 0 radical (unpaired) electrons. The molecule has 0 aliphatic heterocycles. The quantitative estimate of drug-likeness (QED) is 0.246. The van der Waals surface area contributed by atoms with Crippen LogP contribution in [0.1, 0.15) is 0 Å². The topological polar surface area (TPSA) is 25.8 Å². The molecule has 0 atom stereocenters. The fourth-order valence-corrected chi connectivity index (χ4v) is 5.45. The van der Waals surface area contributed by atoms with Crippen LogP contribution in [0.25, 0.3) is 54.5 Å². The molecule has 0 saturated heterocycles. The third kappa shape index (κ3) is 4.39. The molecule has 0 saturated carbocycles. The Morgan fingerprint density at radius 1 is 0.417 bits per heavy atom. The predicted molar refractivity (Wildman–Crippen MR) is 155 cm³/mol. The maximum atomic E-state index is 4.51. The van der Waals surface area contributed by atoms with Crippen LogP contribution in [-0.4, -0.2) is 18.0 Å². The Bertz CT molecular complexity index is 1660. The zero-order valence-corrected chi connectivity index (χ0v) is 20.7. The van der Waals surface area contributed by atoms with E-state index >= 15 is 0 Å². The summed E-state index contributed by atoms with van der Waals surface area (Å²) < 4.78 is 0. The van der Waals surface area contributed by atoms with Crippen molar-refractivity contribution in [3.63, 3.8) is 0 Å². The molecule has 0 bridgehead atoms. The number of rotatable bonds is 5. The van der Waals surface area contributed by atoms with E-state index in [9.17, 15) is 0 Å². The van der Waals surface area contributed by atoms with Gasteiger partial charge in [-0.3, -0.25) is 0 Å². The molecule has 0 N–H and O–H groups in total. The first-order valence-electron chi connectivity index (χ1n) is 12.0. The Balaban J connectivity index is 1.43. The fourth-order valence-electron chi connectivity index (χ4n) is 4.61. The van der Waals surface area contributed by atoms with E-state index in [1.807, 2.05) is 18.2 Å². The Kier molecular flexibility index (Phi) is 6.02. The second-order valence-electron chi connectivity index (χ2n) is 8.82. The van der Waals surface area contributed by atoms with Gasteiger partial charge >= 0.3 is 0 Å². The van der Waals surface area contributed by atoms with Crippen molar-refractivity contribution in [3.8, 4) is 54.5 Å². The molecule has 1 aromatic heterocycles. The third-order valence-corrected chi connectivity index (χ3v) is 7.36. The second kappa shape index (κ2) is 9.77. The van der Waals surface area contributed by atoms with Crippen molar-refractivity contribution >= 4 is 24.6 Å². The van der Waals surface area contributed by atoms with Crippen molar-refractivity contribution in [1.82, 2.24) is 10.2 Å². The van der Waals surface area contributed by atoms with E-state index in [1.54, 1.807) is 11.3 Å². The molecule has 6 aromatic rings. The van der Waals surface area contributed by atoms with Crippen LogP contribution in [0.4, 0.5) is 0 Å². The minimum atomic E-state index is 0.924. The van der Waals surface area contributed by atoms with Gasteiger partial charge in [0.15, 0.2) is 0 Å². The lowest BCUT2D eigenvalue weighted by Crippen LogP contribution is -2.00. The molecular formula is C32H23BN2S. The number of nitrogens with zero attached hydrogens (tertiary/aromatic N) is 2. The zero-order valence-electron chi connectivity index (χ0n) is 19.9. The fraction of sp³-hybridized carbons (Fsp3) is 0. The van der Waals surface area contributed by atoms with E-state index in [0.717, 1.165) is 21.1 Å². The Hall–Kier alpha value is -4.28. The normalized spacial score (nSPS) is 10.9. The van der Waals surface area contributed by atoms with Gasteiger partial charge in [-0.05, 0) is 39.4 Å². The van der Waals surface area contributed by atoms with E-state index in [2.05, 4.69) is 127 Å². The molecule has 1 heterocycles. The molecule has 0 aliphatic carbocycles. The van der Waals surface area contributed by atoms with Crippen molar-refractivity contribution in [2.45, 2.75) is 0 Å². The standard InChI is InChI=1S/C32H23BN2S/c33-26-15-9-13-24(21-26)28-17-5-7-19-30(28)29-18-6-4-16-27(29)23-12-8-14-25(20-23)32-35-34-31(36-32)22-10-2-1-3-11-22/h1-21H,33H2. The smallest absolute Gasteiger partial charge is 0.138 e. The first kappa shape index (κ1) is 22.2. The zero-order chi connectivity index (χ0) is 24.3. The Morgan fingerprint density at radius 2 is 0.889 bits per heavy atom. The molecule has 170 valence electrons. The molecule has 6 rings (SSSR count). The highest BCUT2D eigenvalue weighted by molar-refractivity contribution is 7.17. The molecule has 4 heteroatoms. The van der Waals surface area contributed by atoms with Gasteiger partial charge in [-0.1, -0.05) is 138 Å². The van der Waals surface area contributed by atoms with Gasteiger partial charge in [0.2, 0.25) is 0 Å². The average Bonchev–Trinajstić information content (AvgIpc) is 3.44. The minimum Gasteiger partial charge on any atom is -0.138 e. The molecule has 36 heavy (non-hydrogen) atoms. The van der Waals surface area contributed by atoms with Gasteiger partial charge in [-0.15, -0.1) is 10.2 Å².